The third-order valence-electron chi connectivity index (χ3n) is 4.40. The van der Waals surface area contributed by atoms with Crippen LogP contribution in [0.15, 0.2) is 22.6 Å². The molecule has 0 unspecified atom stereocenters. The van der Waals surface area contributed by atoms with Crippen molar-refractivity contribution in [2.45, 2.75) is 37.8 Å². The number of oxazole rings is 1. The topological polar surface area (TPSA) is 88.1 Å². The molecule has 6 nitrogen and oxygen atoms in total. The first-order chi connectivity index (χ1) is 11.7. The van der Waals surface area contributed by atoms with Gasteiger partial charge in [-0.1, -0.05) is 11.6 Å². The molecule has 1 aromatic carbocycles. The summed E-state index contributed by atoms with van der Waals surface area (Å²) in [5.41, 5.74) is 7.16. The predicted molar refractivity (Wildman–Crippen MR) is 119 cm³/mol. The lowest BCUT2D eigenvalue weighted by Gasteiger charge is -2.22. The Hall–Kier alpha value is -0.380. The third-order valence-corrected chi connectivity index (χ3v) is 4.64. The zero-order chi connectivity index (χ0) is 16.8. The summed E-state index contributed by atoms with van der Waals surface area (Å²) >= 11 is 5.90. The molecular formula is C17H28Br2ClN5O. The Morgan fingerprint density at radius 1 is 1.04 bits per heavy atom. The van der Waals surface area contributed by atoms with Crippen molar-refractivity contribution in [3.8, 4) is 0 Å². The molecule has 0 atom stereocenters. The van der Waals surface area contributed by atoms with Gasteiger partial charge in [-0.3, -0.25) is 0 Å². The molecule has 2 aliphatic heterocycles. The lowest BCUT2D eigenvalue weighted by molar-refractivity contribution is 0.458. The van der Waals surface area contributed by atoms with Crippen molar-refractivity contribution < 1.29 is 4.42 Å². The van der Waals surface area contributed by atoms with Crippen LogP contribution in [0.3, 0.4) is 0 Å². The molecule has 3 heterocycles. The third kappa shape index (κ3) is 7.32. The molecule has 0 radical (unpaired) electrons. The molecule has 2 saturated heterocycles. The number of hydrogen-bond acceptors (Lipinski definition) is 6. The number of nitrogens with two attached hydrogens (primary N) is 1. The summed E-state index contributed by atoms with van der Waals surface area (Å²) in [5, 5.41) is 10.6. The molecule has 0 amide bonds. The number of aromatic nitrogens is 1. The second-order valence-corrected chi connectivity index (χ2v) is 6.82. The van der Waals surface area contributed by atoms with Crippen molar-refractivity contribution >= 4 is 62.7 Å². The normalized spacial score (nSPS) is 18.2. The standard InChI is InChI=1S/C12H14ClN3O.C5H12N2.2BrH/c13-8-1-2-10-11(7-8)17-12(16-10)15-9-3-5-14-6-4-9;6-5-1-3-7-4-2-5;;/h1-2,7,9,14H,3-6H2,(H,15,16);5,7H,1-4,6H2;2*1H. The maximum atomic E-state index is 5.90. The summed E-state index contributed by atoms with van der Waals surface area (Å²) in [5.74, 6) is 0. The molecule has 1 aromatic heterocycles. The van der Waals surface area contributed by atoms with E-state index in [0.29, 0.717) is 23.1 Å². The van der Waals surface area contributed by atoms with Crippen LogP contribution < -0.4 is 21.7 Å². The van der Waals surface area contributed by atoms with Gasteiger partial charge in [0.05, 0.1) is 0 Å². The summed E-state index contributed by atoms with van der Waals surface area (Å²) < 4.78 is 5.62. The maximum Gasteiger partial charge on any atom is 0.295 e. The number of nitrogens with one attached hydrogen (secondary N) is 3. The summed E-state index contributed by atoms with van der Waals surface area (Å²) in [6, 6.07) is 6.99. The molecule has 2 aliphatic rings. The molecule has 148 valence electrons. The van der Waals surface area contributed by atoms with Crippen LogP contribution in [0.1, 0.15) is 25.7 Å². The summed E-state index contributed by atoms with van der Waals surface area (Å²) in [7, 11) is 0. The van der Waals surface area contributed by atoms with Crippen molar-refractivity contribution in [3.63, 3.8) is 0 Å². The molecule has 5 N–H and O–H groups in total. The fourth-order valence-electron chi connectivity index (χ4n) is 2.95. The van der Waals surface area contributed by atoms with E-state index in [1.807, 2.05) is 12.1 Å². The Morgan fingerprint density at radius 2 is 1.65 bits per heavy atom. The minimum Gasteiger partial charge on any atom is -0.423 e. The van der Waals surface area contributed by atoms with Gasteiger partial charge in [0, 0.05) is 23.2 Å². The van der Waals surface area contributed by atoms with Crippen molar-refractivity contribution in [1.29, 1.82) is 0 Å². The number of piperidine rings is 2. The van der Waals surface area contributed by atoms with Crippen LogP contribution in [0, 0.1) is 0 Å². The van der Waals surface area contributed by atoms with Crippen molar-refractivity contribution in [1.82, 2.24) is 15.6 Å². The van der Waals surface area contributed by atoms with E-state index in [-0.39, 0.29) is 34.0 Å². The van der Waals surface area contributed by atoms with Crippen LogP contribution in [0.2, 0.25) is 5.02 Å². The second kappa shape index (κ2) is 12.2. The summed E-state index contributed by atoms with van der Waals surface area (Å²) in [6.07, 6.45) is 4.50. The quantitative estimate of drug-likeness (QED) is 0.492. The van der Waals surface area contributed by atoms with Crippen LogP contribution in [0.4, 0.5) is 6.01 Å². The molecule has 2 fully saturated rings. The van der Waals surface area contributed by atoms with Gasteiger partial charge >= 0.3 is 0 Å². The first-order valence-electron chi connectivity index (χ1n) is 8.70. The zero-order valence-corrected chi connectivity index (χ0v) is 18.9. The molecule has 0 saturated carbocycles. The van der Waals surface area contributed by atoms with E-state index in [0.717, 1.165) is 63.0 Å². The van der Waals surface area contributed by atoms with Gasteiger partial charge in [-0.2, -0.15) is 4.98 Å². The maximum absolute atomic E-state index is 5.90. The molecule has 0 aliphatic carbocycles. The molecule has 4 rings (SSSR count). The number of anilines is 1. The first kappa shape index (κ1) is 23.7. The van der Waals surface area contributed by atoms with E-state index in [1.54, 1.807) is 6.07 Å². The average Bonchev–Trinajstić information content (AvgIpc) is 2.98. The van der Waals surface area contributed by atoms with Gasteiger partial charge in [0.15, 0.2) is 5.58 Å². The van der Waals surface area contributed by atoms with E-state index in [4.69, 9.17) is 21.8 Å². The highest BCUT2D eigenvalue weighted by atomic mass is 79.9. The van der Waals surface area contributed by atoms with Gasteiger partial charge in [0.1, 0.15) is 5.52 Å². The largest absolute Gasteiger partial charge is 0.423 e. The summed E-state index contributed by atoms with van der Waals surface area (Å²) in [4.78, 5) is 4.39. The number of nitrogens with zero attached hydrogens (tertiary/aromatic N) is 1. The average molecular weight is 514 g/mol. The Kier molecular flexibility index (Phi) is 11.1. The predicted octanol–water partition coefficient (Wildman–Crippen LogP) is 3.50. The first-order valence-corrected chi connectivity index (χ1v) is 9.08. The SMILES string of the molecule is Br.Br.Clc1ccc2nc(NC3CCNCC3)oc2c1.NC1CCNCC1. The number of hydrogen-bond donors (Lipinski definition) is 4. The van der Waals surface area contributed by atoms with Gasteiger partial charge in [-0.05, 0) is 64.0 Å². The minimum atomic E-state index is 0. The fraction of sp³-hybridized carbons (Fsp3) is 0.588. The number of benzene rings is 1. The summed E-state index contributed by atoms with van der Waals surface area (Å²) in [6.45, 7) is 4.32. The van der Waals surface area contributed by atoms with Crippen molar-refractivity contribution in [2.24, 2.45) is 5.73 Å². The fourth-order valence-corrected chi connectivity index (χ4v) is 3.11. The van der Waals surface area contributed by atoms with Gasteiger partial charge < -0.3 is 26.1 Å². The molecule has 9 heteroatoms. The highest BCUT2D eigenvalue weighted by molar-refractivity contribution is 8.93. The Balaban J connectivity index is 0.000000322. The van der Waals surface area contributed by atoms with Crippen LogP contribution in [-0.4, -0.2) is 43.2 Å². The number of halogens is 3. The van der Waals surface area contributed by atoms with Crippen LogP contribution in [0.5, 0.6) is 0 Å². The smallest absolute Gasteiger partial charge is 0.295 e. The van der Waals surface area contributed by atoms with E-state index in [2.05, 4.69) is 20.9 Å². The Morgan fingerprint density at radius 3 is 2.23 bits per heavy atom. The van der Waals surface area contributed by atoms with E-state index in [9.17, 15) is 0 Å². The highest BCUT2D eigenvalue weighted by Crippen LogP contribution is 2.23. The Bertz CT molecular complexity index is 645. The van der Waals surface area contributed by atoms with E-state index >= 15 is 0 Å². The van der Waals surface area contributed by atoms with Gasteiger partial charge in [-0.15, -0.1) is 34.0 Å². The minimum absolute atomic E-state index is 0. The van der Waals surface area contributed by atoms with Crippen molar-refractivity contribution in [2.75, 3.05) is 31.5 Å². The van der Waals surface area contributed by atoms with Crippen LogP contribution in [0.25, 0.3) is 11.1 Å². The van der Waals surface area contributed by atoms with Crippen LogP contribution in [-0.2, 0) is 0 Å². The number of rotatable bonds is 2. The lowest BCUT2D eigenvalue weighted by atomic mass is 10.1. The second-order valence-electron chi connectivity index (χ2n) is 6.39. The van der Waals surface area contributed by atoms with Gasteiger partial charge in [0.25, 0.3) is 6.01 Å². The zero-order valence-electron chi connectivity index (χ0n) is 14.7. The van der Waals surface area contributed by atoms with Crippen molar-refractivity contribution in [3.05, 3.63) is 23.2 Å². The highest BCUT2D eigenvalue weighted by Gasteiger charge is 2.15. The molecular weight excluding hydrogens is 485 g/mol. The molecule has 26 heavy (non-hydrogen) atoms. The van der Waals surface area contributed by atoms with E-state index < -0.39 is 0 Å². The molecule has 2 aromatic rings. The van der Waals surface area contributed by atoms with Crippen LogP contribution >= 0.6 is 45.6 Å². The van der Waals surface area contributed by atoms with E-state index in [1.165, 1.54) is 0 Å². The van der Waals surface area contributed by atoms with Gasteiger partial charge in [-0.25, -0.2) is 0 Å². The van der Waals surface area contributed by atoms with Gasteiger partial charge in [0.2, 0.25) is 0 Å². The molecule has 0 bridgehead atoms. The monoisotopic (exact) mass is 511 g/mol. The molecule has 0 spiro atoms. The lowest BCUT2D eigenvalue weighted by Crippen LogP contribution is -2.35. The Labute approximate surface area is 180 Å². The number of fused-ring (bicyclic) bond motifs is 1.